The quantitative estimate of drug-likeness (QED) is 0.787. The average Bonchev–Trinajstić information content (AvgIpc) is 2.36. The molecule has 0 atom stereocenters. The van der Waals surface area contributed by atoms with Crippen molar-refractivity contribution in [2.45, 2.75) is 53.9 Å². The SMILES string of the molecule is CC.CC.CCN1CCC(CCN)CC1.[HH]. The molecule has 0 amide bonds. The Morgan fingerprint density at radius 3 is 1.93 bits per heavy atom. The fourth-order valence-corrected chi connectivity index (χ4v) is 1.83. The van der Waals surface area contributed by atoms with Crippen LogP contribution in [0, 0.1) is 5.92 Å². The van der Waals surface area contributed by atoms with Crippen LogP contribution in [-0.2, 0) is 0 Å². The molecule has 1 saturated heterocycles. The molecular formula is C13H34N2. The van der Waals surface area contributed by atoms with Crippen LogP contribution in [0.2, 0.25) is 0 Å². The van der Waals surface area contributed by atoms with Crippen LogP contribution in [0.25, 0.3) is 0 Å². The van der Waals surface area contributed by atoms with Gasteiger partial charge in [0.15, 0.2) is 0 Å². The summed E-state index contributed by atoms with van der Waals surface area (Å²) in [5, 5.41) is 0. The zero-order valence-electron chi connectivity index (χ0n) is 11.6. The van der Waals surface area contributed by atoms with E-state index >= 15 is 0 Å². The predicted octanol–water partition coefficient (Wildman–Crippen LogP) is 3.37. The van der Waals surface area contributed by atoms with Crippen molar-refractivity contribution < 1.29 is 1.43 Å². The minimum absolute atomic E-state index is 0. The van der Waals surface area contributed by atoms with Gasteiger partial charge in [0.25, 0.3) is 0 Å². The largest absolute Gasteiger partial charge is 0.330 e. The summed E-state index contributed by atoms with van der Waals surface area (Å²) in [6.07, 6.45) is 3.97. The van der Waals surface area contributed by atoms with Gasteiger partial charge in [0, 0.05) is 1.43 Å². The molecular weight excluding hydrogens is 184 g/mol. The number of likely N-dealkylation sites (tertiary alicyclic amines) is 1. The molecule has 1 aliphatic rings. The Bertz CT molecular complexity index is 102. The third-order valence-electron chi connectivity index (χ3n) is 2.73. The Hall–Kier alpha value is -0.0800. The smallest absolute Gasteiger partial charge is 0 e. The molecule has 1 aliphatic heterocycles. The average molecular weight is 218 g/mol. The van der Waals surface area contributed by atoms with Crippen LogP contribution in [0.3, 0.4) is 0 Å². The molecule has 0 aliphatic carbocycles. The highest BCUT2D eigenvalue weighted by Gasteiger charge is 2.16. The third kappa shape index (κ3) is 8.88. The van der Waals surface area contributed by atoms with Crippen molar-refractivity contribution in [3.8, 4) is 0 Å². The van der Waals surface area contributed by atoms with E-state index in [0.717, 1.165) is 12.5 Å². The lowest BCUT2D eigenvalue weighted by Crippen LogP contribution is -2.33. The van der Waals surface area contributed by atoms with Gasteiger partial charge in [0.1, 0.15) is 0 Å². The molecule has 1 fully saturated rings. The van der Waals surface area contributed by atoms with Crippen LogP contribution in [0.5, 0.6) is 0 Å². The van der Waals surface area contributed by atoms with E-state index in [1.807, 2.05) is 27.7 Å². The van der Waals surface area contributed by atoms with Crippen LogP contribution in [0.15, 0.2) is 0 Å². The van der Waals surface area contributed by atoms with Crippen molar-refractivity contribution >= 4 is 0 Å². The molecule has 0 saturated carbocycles. The number of nitrogens with two attached hydrogens (primary N) is 1. The van der Waals surface area contributed by atoms with Crippen molar-refractivity contribution in [3.05, 3.63) is 0 Å². The van der Waals surface area contributed by atoms with Crippen molar-refractivity contribution in [3.63, 3.8) is 0 Å². The first-order valence-electron chi connectivity index (χ1n) is 6.79. The molecule has 1 heterocycles. The molecule has 2 nitrogen and oxygen atoms in total. The maximum absolute atomic E-state index is 5.51. The molecule has 2 N–H and O–H groups in total. The van der Waals surface area contributed by atoms with E-state index in [4.69, 9.17) is 5.73 Å². The summed E-state index contributed by atoms with van der Waals surface area (Å²) in [4.78, 5) is 2.52. The molecule has 0 aromatic rings. The molecule has 0 bridgehead atoms. The van der Waals surface area contributed by atoms with Crippen LogP contribution in [-0.4, -0.2) is 31.1 Å². The number of hydrogen-bond donors (Lipinski definition) is 1. The summed E-state index contributed by atoms with van der Waals surface area (Å²) >= 11 is 0. The minimum Gasteiger partial charge on any atom is -0.330 e. The minimum atomic E-state index is 0. The standard InChI is InChI=1S/C9H20N2.2C2H6.H2/c1-2-11-7-4-9(3-6-10)5-8-11;2*1-2;/h9H,2-8,10H2,1H3;2*1-2H3;1H. The van der Waals surface area contributed by atoms with Crippen molar-refractivity contribution in [1.29, 1.82) is 0 Å². The lowest BCUT2D eigenvalue weighted by Gasteiger charge is -2.30. The summed E-state index contributed by atoms with van der Waals surface area (Å²) in [6.45, 7) is 14.9. The van der Waals surface area contributed by atoms with Crippen molar-refractivity contribution in [1.82, 2.24) is 4.90 Å². The monoisotopic (exact) mass is 218 g/mol. The Balaban J connectivity index is -0.000000305. The van der Waals surface area contributed by atoms with Crippen molar-refractivity contribution in [2.24, 2.45) is 11.7 Å². The van der Waals surface area contributed by atoms with Gasteiger partial charge >= 0.3 is 0 Å². The molecule has 0 aromatic carbocycles. The van der Waals surface area contributed by atoms with E-state index in [1.165, 1.54) is 38.9 Å². The zero-order valence-corrected chi connectivity index (χ0v) is 11.6. The van der Waals surface area contributed by atoms with Crippen LogP contribution < -0.4 is 5.73 Å². The molecule has 0 spiro atoms. The fraction of sp³-hybridized carbons (Fsp3) is 1.00. The van der Waals surface area contributed by atoms with Crippen LogP contribution >= 0.6 is 0 Å². The summed E-state index contributed by atoms with van der Waals surface area (Å²) in [7, 11) is 0. The lowest BCUT2D eigenvalue weighted by atomic mass is 9.94. The van der Waals surface area contributed by atoms with E-state index in [0.29, 0.717) is 0 Å². The summed E-state index contributed by atoms with van der Waals surface area (Å²) < 4.78 is 0. The highest BCUT2D eigenvalue weighted by atomic mass is 15.1. The Morgan fingerprint density at radius 1 is 1.13 bits per heavy atom. The van der Waals surface area contributed by atoms with Gasteiger partial charge in [-0.05, 0) is 51.4 Å². The highest BCUT2D eigenvalue weighted by Crippen LogP contribution is 2.18. The molecule has 2 heteroatoms. The molecule has 0 unspecified atom stereocenters. The first kappa shape index (κ1) is 17.3. The Labute approximate surface area is 98.7 Å². The molecule has 0 aromatic heterocycles. The van der Waals surface area contributed by atoms with Crippen LogP contribution in [0.4, 0.5) is 0 Å². The normalized spacial score (nSPS) is 17.2. The number of hydrogen-bond acceptors (Lipinski definition) is 2. The topological polar surface area (TPSA) is 29.3 Å². The van der Waals surface area contributed by atoms with Gasteiger partial charge in [-0.2, -0.15) is 0 Å². The predicted molar refractivity (Wildman–Crippen MR) is 73.3 cm³/mol. The van der Waals surface area contributed by atoms with E-state index < -0.39 is 0 Å². The van der Waals surface area contributed by atoms with E-state index in [2.05, 4.69) is 11.8 Å². The molecule has 0 radical (unpaired) electrons. The van der Waals surface area contributed by atoms with Gasteiger partial charge in [-0.25, -0.2) is 0 Å². The van der Waals surface area contributed by atoms with Crippen LogP contribution in [0.1, 0.15) is 55.3 Å². The second kappa shape index (κ2) is 13.9. The van der Waals surface area contributed by atoms with Gasteiger partial charge < -0.3 is 10.6 Å². The number of piperidine rings is 1. The van der Waals surface area contributed by atoms with E-state index in [1.54, 1.807) is 0 Å². The second-order valence-electron chi connectivity index (χ2n) is 3.45. The second-order valence-corrected chi connectivity index (χ2v) is 3.45. The van der Waals surface area contributed by atoms with Gasteiger partial charge in [0.2, 0.25) is 0 Å². The van der Waals surface area contributed by atoms with Gasteiger partial charge in [-0.15, -0.1) is 0 Å². The highest BCUT2D eigenvalue weighted by molar-refractivity contribution is 4.71. The maximum Gasteiger partial charge on any atom is 0 e. The van der Waals surface area contributed by atoms with Gasteiger partial charge in [-0.3, -0.25) is 0 Å². The van der Waals surface area contributed by atoms with Crippen molar-refractivity contribution in [2.75, 3.05) is 26.2 Å². The first-order valence-corrected chi connectivity index (χ1v) is 6.79. The third-order valence-corrected chi connectivity index (χ3v) is 2.73. The van der Waals surface area contributed by atoms with Gasteiger partial charge in [0.05, 0.1) is 0 Å². The van der Waals surface area contributed by atoms with Gasteiger partial charge in [-0.1, -0.05) is 34.6 Å². The first-order chi connectivity index (χ1) is 7.36. The molecule has 1 rings (SSSR count). The molecule has 96 valence electrons. The summed E-state index contributed by atoms with van der Waals surface area (Å²) in [6, 6.07) is 0. The zero-order chi connectivity index (χ0) is 12.1. The summed E-state index contributed by atoms with van der Waals surface area (Å²) in [5.41, 5.74) is 5.51. The van der Waals surface area contributed by atoms with E-state index in [-0.39, 0.29) is 1.43 Å². The fourth-order valence-electron chi connectivity index (χ4n) is 1.83. The Kier molecular flexibility index (Phi) is 16.1. The maximum atomic E-state index is 5.51. The Morgan fingerprint density at radius 2 is 1.60 bits per heavy atom. The van der Waals surface area contributed by atoms with E-state index in [9.17, 15) is 0 Å². The lowest BCUT2D eigenvalue weighted by molar-refractivity contribution is 0.188. The number of rotatable bonds is 3. The molecule has 15 heavy (non-hydrogen) atoms. The number of nitrogens with zero attached hydrogens (tertiary/aromatic N) is 1. The summed E-state index contributed by atoms with van der Waals surface area (Å²) in [5.74, 6) is 0.919.